The van der Waals surface area contributed by atoms with Crippen LogP contribution in [0.1, 0.15) is 97.3 Å². The molecule has 46 heavy (non-hydrogen) atoms. The zero-order chi connectivity index (χ0) is 32.6. The molecule has 0 radical (unpaired) electrons. The molecule has 0 aliphatic heterocycles. The fourth-order valence-electron chi connectivity index (χ4n) is 11.7. The molecule has 2 N–H and O–H groups in total. The number of aliphatic hydroxyl groups excluding tert-OH is 1. The van der Waals surface area contributed by atoms with E-state index in [4.69, 9.17) is 4.74 Å². The SMILES string of the molecule is COCCCN(CC1(O)CCC2C34C=CC5(C=C3C(=O)C3CCCCC3)CC(O)CCC5(C)C4CCC21C)S(=O)(=O)c1cccs1. The maximum absolute atomic E-state index is 14.8. The van der Waals surface area contributed by atoms with Gasteiger partial charge in [0.25, 0.3) is 10.0 Å². The van der Waals surface area contributed by atoms with E-state index in [9.17, 15) is 23.4 Å². The molecule has 7 aliphatic carbocycles. The number of allylic oxidation sites excluding steroid dienone is 4. The third-order valence-corrected chi connectivity index (χ3v) is 17.5. The summed E-state index contributed by atoms with van der Waals surface area (Å²) in [6.07, 6.45) is 17.8. The summed E-state index contributed by atoms with van der Waals surface area (Å²) in [5.74, 6) is 0.612. The van der Waals surface area contributed by atoms with Gasteiger partial charge in [-0.25, -0.2) is 8.42 Å². The van der Waals surface area contributed by atoms with Crippen molar-refractivity contribution in [2.75, 3.05) is 26.8 Å². The van der Waals surface area contributed by atoms with Gasteiger partial charge in [-0.1, -0.05) is 57.4 Å². The van der Waals surface area contributed by atoms with Crippen LogP contribution in [0.5, 0.6) is 0 Å². The number of aliphatic hydroxyl groups is 2. The van der Waals surface area contributed by atoms with E-state index in [-0.39, 0.29) is 47.8 Å². The molecule has 254 valence electrons. The van der Waals surface area contributed by atoms with Crippen LogP contribution < -0.4 is 0 Å². The molecule has 7 aliphatic rings. The number of Topliss-reactive ketones (excluding diaryl/α,β-unsaturated/α-hetero) is 1. The van der Waals surface area contributed by atoms with Crippen LogP contribution in [0.3, 0.4) is 0 Å². The molecule has 0 amide bonds. The summed E-state index contributed by atoms with van der Waals surface area (Å²) in [4.78, 5) is 14.8. The molecule has 8 rings (SSSR count). The predicted octanol–water partition coefficient (Wildman–Crippen LogP) is 6.52. The van der Waals surface area contributed by atoms with Crippen molar-refractivity contribution < 1.29 is 28.2 Å². The van der Waals surface area contributed by atoms with E-state index in [0.717, 1.165) is 63.4 Å². The number of hydrogen-bond acceptors (Lipinski definition) is 7. The number of ether oxygens (including phenoxy) is 1. The number of nitrogens with zero attached hydrogens (tertiary/aromatic N) is 1. The third kappa shape index (κ3) is 4.61. The third-order valence-electron chi connectivity index (χ3n) is 14.2. The second-order valence-corrected chi connectivity index (χ2v) is 19.2. The van der Waals surface area contributed by atoms with Gasteiger partial charge >= 0.3 is 0 Å². The van der Waals surface area contributed by atoms with E-state index in [1.165, 1.54) is 22.1 Å². The lowest BCUT2D eigenvalue weighted by Crippen LogP contribution is -2.67. The molecule has 1 aromatic rings. The number of sulfonamides is 1. The minimum atomic E-state index is -3.80. The van der Waals surface area contributed by atoms with Crippen LogP contribution in [-0.2, 0) is 19.6 Å². The second-order valence-electron chi connectivity index (χ2n) is 16.1. The van der Waals surface area contributed by atoms with Gasteiger partial charge in [-0.3, -0.25) is 4.79 Å². The normalized spacial score (nSPS) is 42.0. The van der Waals surface area contributed by atoms with Crippen molar-refractivity contribution in [1.29, 1.82) is 0 Å². The smallest absolute Gasteiger partial charge is 0.252 e. The molecule has 0 aromatic carbocycles. The van der Waals surface area contributed by atoms with E-state index in [2.05, 4.69) is 32.1 Å². The van der Waals surface area contributed by atoms with Crippen LogP contribution in [0, 0.1) is 39.4 Å². The van der Waals surface area contributed by atoms with Crippen molar-refractivity contribution in [1.82, 2.24) is 4.31 Å². The van der Waals surface area contributed by atoms with Crippen molar-refractivity contribution in [2.24, 2.45) is 39.4 Å². The van der Waals surface area contributed by atoms with Gasteiger partial charge in [0.2, 0.25) is 0 Å². The fraction of sp³-hybridized carbons (Fsp3) is 0.757. The Morgan fingerprint density at radius 3 is 2.46 bits per heavy atom. The molecule has 9 heteroatoms. The number of carbonyl (C=O) groups excluding carboxylic acids is 1. The average Bonchev–Trinajstić information content (AvgIpc) is 3.68. The van der Waals surface area contributed by atoms with Gasteiger partial charge in [0, 0.05) is 54.5 Å². The number of rotatable bonds is 10. The van der Waals surface area contributed by atoms with Crippen molar-refractivity contribution in [3.8, 4) is 0 Å². The lowest BCUT2D eigenvalue weighted by Gasteiger charge is -2.71. The van der Waals surface area contributed by atoms with E-state index in [1.54, 1.807) is 24.6 Å². The second kappa shape index (κ2) is 11.6. The minimum absolute atomic E-state index is 0.0195. The van der Waals surface area contributed by atoms with Gasteiger partial charge in [-0.05, 0) is 92.9 Å². The molecule has 7 nitrogen and oxygen atoms in total. The Hall–Kier alpha value is -1.36. The molecule has 2 spiro atoms. The predicted molar refractivity (Wildman–Crippen MR) is 180 cm³/mol. The lowest BCUT2D eigenvalue weighted by molar-refractivity contribution is -0.177. The zero-order valence-corrected chi connectivity index (χ0v) is 29.5. The van der Waals surface area contributed by atoms with Crippen LogP contribution in [0.25, 0.3) is 0 Å². The lowest BCUT2D eigenvalue weighted by atomic mass is 9.32. The van der Waals surface area contributed by atoms with Crippen LogP contribution in [-0.4, -0.2) is 67.2 Å². The Kier molecular flexibility index (Phi) is 8.37. The number of ketones is 1. The largest absolute Gasteiger partial charge is 0.393 e. The summed E-state index contributed by atoms with van der Waals surface area (Å²) in [5.41, 5.74) is -1.75. The van der Waals surface area contributed by atoms with Gasteiger partial charge in [0.1, 0.15) is 4.21 Å². The highest BCUT2D eigenvalue weighted by atomic mass is 32.2. The molecule has 4 fully saturated rings. The highest BCUT2D eigenvalue weighted by Gasteiger charge is 2.74. The first-order chi connectivity index (χ1) is 21.9. The summed E-state index contributed by atoms with van der Waals surface area (Å²) >= 11 is 1.21. The van der Waals surface area contributed by atoms with Crippen LogP contribution >= 0.6 is 11.3 Å². The maximum Gasteiger partial charge on any atom is 0.252 e. The topological polar surface area (TPSA) is 104 Å². The molecule has 2 bridgehead atoms. The van der Waals surface area contributed by atoms with Gasteiger partial charge in [-0.2, -0.15) is 4.31 Å². The quantitative estimate of drug-likeness (QED) is 0.217. The fourth-order valence-corrected chi connectivity index (χ4v) is 14.4. The zero-order valence-electron chi connectivity index (χ0n) is 27.9. The maximum atomic E-state index is 14.8. The number of methoxy groups -OCH3 is 1. The van der Waals surface area contributed by atoms with E-state index >= 15 is 0 Å². The summed E-state index contributed by atoms with van der Waals surface area (Å²) in [7, 11) is -2.18. The Morgan fingerprint density at radius 2 is 1.74 bits per heavy atom. The molecule has 1 heterocycles. The summed E-state index contributed by atoms with van der Waals surface area (Å²) in [5, 5.41) is 25.6. The highest BCUT2D eigenvalue weighted by Crippen LogP contribution is 2.78. The Bertz CT molecular complexity index is 1500. The van der Waals surface area contributed by atoms with E-state index in [0.29, 0.717) is 35.9 Å². The van der Waals surface area contributed by atoms with Crippen molar-refractivity contribution in [2.45, 2.75) is 113 Å². The molecule has 4 saturated carbocycles. The monoisotopic (exact) mass is 671 g/mol. The van der Waals surface area contributed by atoms with Crippen LogP contribution in [0.15, 0.2) is 45.5 Å². The molecular weight excluding hydrogens is 619 g/mol. The average molecular weight is 672 g/mol. The van der Waals surface area contributed by atoms with E-state index < -0.39 is 26.5 Å². The van der Waals surface area contributed by atoms with Gasteiger partial charge in [-0.15, -0.1) is 11.3 Å². The molecule has 0 saturated heterocycles. The number of thiophene rings is 1. The first-order valence-electron chi connectivity index (χ1n) is 17.8. The summed E-state index contributed by atoms with van der Waals surface area (Å²) in [6, 6.07) is 3.40. The minimum Gasteiger partial charge on any atom is -0.393 e. The Morgan fingerprint density at radius 1 is 1.02 bits per heavy atom. The number of fused-ring (bicyclic) bond motifs is 1. The highest BCUT2D eigenvalue weighted by molar-refractivity contribution is 7.91. The van der Waals surface area contributed by atoms with Crippen molar-refractivity contribution in [3.63, 3.8) is 0 Å². The molecule has 8 unspecified atom stereocenters. The summed E-state index contributed by atoms with van der Waals surface area (Å²) in [6.45, 7) is 5.36. The molecule has 8 atom stereocenters. The first-order valence-corrected chi connectivity index (χ1v) is 20.1. The van der Waals surface area contributed by atoms with Crippen LogP contribution in [0.2, 0.25) is 0 Å². The Labute approximate surface area is 279 Å². The van der Waals surface area contributed by atoms with Gasteiger partial charge in [0.05, 0.1) is 11.7 Å². The molecule has 1 aromatic heterocycles. The van der Waals surface area contributed by atoms with Gasteiger partial charge in [0.15, 0.2) is 5.78 Å². The molecular formula is C37H53NO6S2. The summed E-state index contributed by atoms with van der Waals surface area (Å²) < 4.78 is 35.0. The Balaban J connectivity index is 1.30. The first kappa shape index (κ1) is 33.2. The number of carbonyl (C=O) groups is 1. The van der Waals surface area contributed by atoms with Crippen molar-refractivity contribution in [3.05, 3.63) is 41.3 Å². The van der Waals surface area contributed by atoms with Crippen molar-refractivity contribution >= 4 is 27.1 Å². The van der Waals surface area contributed by atoms with Crippen LogP contribution in [0.4, 0.5) is 0 Å². The standard InChI is InChI=1S/C37H53NO6S2/c1-33-15-12-27(39)23-35(33)18-19-37(28(24-35)32(40)26-9-5-4-6-10-26)29(33)13-16-34(2)30(37)14-17-36(34,41)25-38(20-8-21-44-3)46(42,43)31-11-7-22-45-31/h7,11,18-19,22,24,26-27,29-30,39,41H,4-6,8-10,12-17,20-21,23,25H2,1-3H3. The number of hydrogen-bond donors (Lipinski definition) is 2. The van der Waals surface area contributed by atoms with Gasteiger partial charge < -0.3 is 14.9 Å². The van der Waals surface area contributed by atoms with E-state index in [1.807, 2.05) is 0 Å².